The molecule has 0 heterocycles. The number of hydrogen-bond acceptors (Lipinski definition) is 6. The molecule has 0 saturated carbocycles. The molecule has 2 aromatic rings. The number of rotatable bonds is 16. The first-order valence-electron chi connectivity index (χ1n) is 11.9. The number of nitrogens with one attached hydrogen (secondary N) is 3. The summed E-state index contributed by atoms with van der Waals surface area (Å²) in [6, 6.07) is 15.8. The van der Waals surface area contributed by atoms with Crippen molar-refractivity contribution >= 4 is 17.7 Å². The fourth-order valence-corrected chi connectivity index (χ4v) is 3.59. The zero-order valence-corrected chi connectivity index (χ0v) is 20.6. The third kappa shape index (κ3) is 10.2. The van der Waals surface area contributed by atoms with Crippen LogP contribution in [0.2, 0.25) is 0 Å². The molecule has 0 unspecified atom stereocenters. The van der Waals surface area contributed by atoms with Crippen LogP contribution in [-0.4, -0.2) is 49.2 Å². The van der Waals surface area contributed by atoms with Gasteiger partial charge in [-0.15, -0.1) is 0 Å². The predicted molar refractivity (Wildman–Crippen MR) is 136 cm³/mol. The molecule has 0 aliphatic heterocycles. The first kappa shape index (κ1) is 28.4. The average molecular weight is 498 g/mol. The molecule has 0 bridgehead atoms. The maximum Gasteiger partial charge on any atom is 0.244 e. The van der Waals surface area contributed by atoms with Gasteiger partial charge in [-0.05, 0) is 49.1 Å². The van der Waals surface area contributed by atoms with Crippen LogP contribution in [0.1, 0.15) is 31.2 Å². The normalized spacial score (nSPS) is 12.1. The Morgan fingerprint density at radius 2 is 1.64 bits per heavy atom. The van der Waals surface area contributed by atoms with Crippen LogP contribution >= 0.6 is 0 Å². The van der Waals surface area contributed by atoms with Gasteiger partial charge >= 0.3 is 0 Å². The fraction of sp³-hybridized carbons (Fsp3) is 0.370. The lowest BCUT2D eigenvalue weighted by Crippen LogP contribution is -2.49. The highest BCUT2D eigenvalue weighted by Crippen LogP contribution is 2.19. The van der Waals surface area contributed by atoms with Crippen LogP contribution in [-0.2, 0) is 20.8 Å². The van der Waals surface area contributed by atoms with Gasteiger partial charge in [-0.1, -0.05) is 43.0 Å². The van der Waals surface area contributed by atoms with Crippen LogP contribution in [0, 0.1) is 5.92 Å². The van der Waals surface area contributed by atoms with Gasteiger partial charge in [0.05, 0.1) is 6.61 Å². The number of hydrogen-bond donors (Lipinski definition) is 4. The van der Waals surface area contributed by atoms with Crippen LogP contribution in [0.25, 0.3) is 0 Å². The van der Waals surface area contributed by atoms with Crippen molar-refractivity contribution in [2.45, 2.75) is 38.1 Å². The quantitative estimate of drug-likeness (QED) is 0.122. The molecule has 0 radical (unpaired) electrons. The molecular weight excluding hydrogens is 462 g/mol. The highest BCUT2D eigenvalue weighted by atomic mass is 16.5. The SMILES string of the molecule is C=CCOc1ccc(OCCCC[C@H](CC(=O)NO)C(=O)N[C@@H](Cc2ccccc2)C(=O)NC)cc1. The standard InChI is InChI=1S/C27H35N3O6/c1-3-16-35-22-12-14-23(15-13-22)36-17-8-7-11-21(19-25(31)30-34)26(32)29-24(27(33)28-2)18-20-9-5-4-6-10-20/h3-6,9-10,12-15,21,24,34H,1,7-8,11,16-19H2,2H3,(H,28,33)(H,29,32)(H,30,31)/t21-,24+/m1/s1. The van der Waals surface area contributed by atoms with Gasteiger partial charge in [-0.25, -0.2) is 5.48 Å². The summed E-state index contributed by atoms with van der Waals surface area (Å²) in [5.74, 6) is -0.693. The Morgan fingerprint density at radius 1 is 0.972 bits per heavy atom. The van der Waals surface area contributed by atoms with Crippen LogP contribution in [0.5, 0.6) is 11.5 Å². The molecule has 2 aromatic carbocycles. The van der Waals surface area contributed by atoms with E-state index in [9.17, 15) is 14.4 Å². The lowest BCUT2D eigenvalue weighted by atomic mass is 9.96. The zero-order chi connectivity index (χ0) is 26.2. The molecule has 0 spiro atoms. The van der Waals surface area contributed by atoms with Crippen LogP contribution < -0.4 is 25.6 Å². The Labute approximate surface area is 211 Å². The Hall–Kier alpha value is -3.85. The smallest absolute Gasteiger partial charge is 0.244 e. The van der Waals surface area contributed by atoms with Crippen molar-refractivity contribution in [3.63, 3.8) is 0 Å². The minimum atomic E-state index is -0.786. The number of hydroxylamine groups is 1. The Bertz CT molecular complexity index is 965. The maximum atomic E-state index is 13.0. The summed E-state index contributed by atoms with van der Waals surface area (Å²) in [5, 5.41) is 14.3. The number of likely N-dealkylation sites (N-methyl/N-ethyl adjacent to an activating group) is 1. The molecule has 3 amide bonds. The van der Waals surface area contributed by atoms with Gasteiger partial charge in [-0.3, -0.25) is 19.6 Å². The molecule has 2 rings (SSSR count). The van der Waals surface area contributed by atoms with Gasteiger partial charge in [0, 0.05) is 25.8 Å². The second-order valence-corrected chi connectivity index (χ2v) is 8.22. The van der Waals surface area contributed by atoms with Gasteiger partial charge in [-0.2, -0.15) is 0 Å². The summed E-state index contributed by atoms with van der Waals surface area (Å²) in [7, 11) is 1.50. The third-order valence-electron chi connectivity index (χ3n) is 5.50. The van der Waals surface area contributed by atoms with E-state index in [0.29, 0.717) is 44.6 Å². The number of unbranched alkanes of at least 4 members (excludes halogenated alkanes) is 1. The summed E-state index contributed by atoms with van der Waals surface area (Å²) in [6.45, 7) is 4.47. The lowest BCUT2D eigenvalue weighted by molar-refractivity contribution is -0.136. The van der Waals surface area contributed by atoms with Crippen molar-refractivity contribution in [2.24, 2.45) is 5.92 Å². The summed E-state index contributed by atoms with van der Waals surface area (Å²) >= 11 is 0. The highest BCUT2D eigenvalue weighted by molar-refractivity contribution is 5.90. The highest BCUT2D eigenvalue weighted by Gasteiger charge is 2.27. The van der Waals surface area contributed by atoms with Gasteiger partial charge in [0.2, 0.25) is 17.7 Å². The zero-order valence-electron chi connectivity index (χ0n) is 20.6. The second-order valence-electron chi connectivity index (χ2n) is 8.22. The largest absolute Gasteiger partial charge is 0.494 e. The lowest BCUT2D eigenvalue weighted by Gasteiger charge is -2.22. The molecule has 9 nitrogen and oxygen atoms in total. The van der Waals surface area contributed by atoms with E-state index in [1.807, 2.05) is 54.6 Å². The van der Waals surface area contributed by atoms with Crippen LogP contribution in [0.3, 0.4) is 0 Å². The molecule has 0 aliphatic carbocycles. The summed E-state index contributed by atoms with van der Waals surface area (Å²) in [6.07, 6.45) is 3.45. The van der Waals surface area contributed by atoms with E-state index in [4.69, 9.17) is 14.7 Å². The average Bonchev–Trinajstić information content (AvgIpc) is 2.91. The van der Waals surface area contributed by atoms with E-state index in [2.05, 4.69) is 17.2 Å². The minimum Gasteiger partial charge on any atom is -0.494 e. The Kier molecular flexibility index (Phi) is 12.6. The molecular formula is C27H35N3O6. The Balaban J connectivity index is 1.88. The summed E-state index contributed by atoms with van der Waals surface area (Å²) in [5.41, 5.74) is 2.48. The summed E-state index contributed by atoms with van der Waals surface area (Å²) in [4.78, 5) is 37.2. The molecule has 9 heteroatoms. The number of benzene rings is 2. The van der Waals surface area contributed by atoms with Gasteiger partial charge in [0.25, 0.3) is 0 Å². The topological polar surface area (TPSA) is 126 Å². The van der Waals surface area contributed by atoms with E-state index >= 15 is 0 Å². The molecule has 0 fully saturated rings. The summed E-state index contributed by atoms with van der Waals surface area (Å²) < 4.78 is 11.2. The van der Waals surface area contributed by atoms with Crippen molar-refractivity contribution in [1.82, 2.24) is 16.1 Å². The monoisotopic (exact) mass is 497 g/mol. The molecule has 194 valence electrons. The number of amides is 3. The van der Waals surface area contributed by atoms with Crippen molar-refractivity contribution < 1.29 is 29.1 Å². The first-order valence-corrected chi connectivity index (χ1v) is 11.9. The number of carbonyl (C=O) groups is 3. The molecule has 0 saturated heterocycles. The minimum absolute atomic E-state index is 0.193. The molecule has 0 aliphatic rings. The molecule has 2 atom stereocenters. The third-order valence-corrected chi connectivity index (χ3v) is 5.50. The maximum absolute atomic E-state index is 13.0. The fourth-order valence-electron chi connectivity index (χ4n) is 3.59. The second kappa shape index (κ2) is 15.9. The van der Waals surface area contributed by atoms with E-state index in [0.717, 1.165) is 11.3 Å². The van der Waals surface area contributed by atoms with Crippen molar-refractivity contribution in [3.8, 4) is 11.5 Å². The molecule has 4 N–H and O–H groups in total. The van der Waals surface area contributed by atoms with E-state index in [1.54, 1.807) is 11.6 Å². The van der Waals surface area contributed by atoms with E-state index < -0.39 is 23.8 Å². The molecule has 36 heavy (non-hydrogen) atoms. The van der Waals surface area contributed by atoms with Crippen molar-refractivity contribution in [1.29, 1.82) is 0 Å². The van der Waals surface area contributed by atoms with E-state index in [1.165, 1.54) is 7.05 Å². The van der Waals surface area contributed by atoms with Gasteiger partial charge < -0.3 is 20.1 Å². The molecule has 0 aromatic heterocycles. The van der Waals surface area contributed by atoms with Crippen LogP contribution in [0.4, 0.5) is 0 Å². The van der Waals surface area contributed by atoms with Crippen molar-refractivity contribution in [2.75, 3.05) is 20.3 Å². The number of carbonyl (C=O) groups excluding carboxylic acids is 3. The van der Waals surface area contributed by atoms with E-state index in [-0.39, 0.29) is 12.3 Å². The van der Waals surface area contributed by atoms with Crippen molar-refractivity contribution in [3.05, 3.63) is 72.8 Å². The Morgan fingerprint density at radius 3 is 2.25 bits per heavy atom. The first-order chi connectivity index (χ1) is 17.5. The predicted octanol–water partition coefficient (Wildman–Crippen LogP) is 2.79. The van der Waals surface area contributed by atoms with Crippen LogP contribution in [0.15, 0.2) is 67.3 Å². The number of ether oxygens (including phenoxy) is 2. The van der Waals surface area contributed by atoms with Gasteiger partial charge in [0.15, 0.2) is 0 Å². The van der Waals surface area contributed by atoms with Gasteiger partial charge in [0.1, 0.15) is 24.1 Å².